The van der Waals surface area contributed by atoms with Gasteiger partial charge in [0.1, 0.15) is 0 Å². The first-order valence-corrected chi connectivity index (χ1v) is 7.22. The van der Waals surface area contributed by atoms with E-state index in [1.807, 2.05) is 31.2 Å². The highest BCUT2D eigenvalue weighted by atomic mass is 16.5. The third-order valence-corrected chi connectivity index (χ3v) is 3.39. The molecule has 0 aliphatic heterocycles. The Kier molecular flexibility index (Phi) is 5.46. The van der Waals surface area contributed by atoms with Crippen molar-refractivity contribution in [2.45, 2.75) is 13.3 Å². The molecule has 5 nitrogen and oxygen atoms in total. The number of rotatable bonds is 6. The Balaban J connectivity index is 2.17. The number of carbonyl (C=O) groups is 1. The average molecular weight is 315 g/mol. The summed E-state index contributed by atoms with van der Waals surface area (Å²) in [4.78, 5) is 12.2. The molecule has 0 aliphatic carbocycles. The topological polar surface area (TPSA) is 56.8 Å². The number of carbonyl (C=O) groups excluding carboxylic acids is 1. The summed E-state index contributed by atoms with van der Waals surface area (Å²) in [6, 6.07) is 11.2. The molecule has 0 aliphatic rings. The van der Waals surface area contributed by atoms with E-state index < -0.39 is 0 Å². The second-order valence-corrected chi connectivity index (χ2v) is 5.13. The zero-order valence-electron chi connectivity index (χ0n) is 13.8. The van der Waals surface area contributed by atoms with Crippen LogP contribution in [-0.2, 0) is 11.2 Å². The van der Waals surface area contributed by atoms with E-state index in [1.54, 1.807) is 33.5 Å². The fraction of sp³-hybridized carbons (Fsp3) is 0.278. The molecule has 1 N–H and O–H groups in total. The van der Waals surface area contributed by atoms with E-state index in [4.69, 9.17) is 14.2 Å². The van der Waals surface area contributed by atoms with Crippen LogP contribution in [0, 0.1) is 6.92 Å². The maximum absolute atomic E-state index is 12.2. The molecule has 0 radical (unpaired) electrons. The van der Waals surface area contributed by atoms with E-state index in [0.29, 0.717) is 17.2 Å². The van der Waals surface area contributed by atoms with Gasteiger partial charge in [-0.3, -0.25) is 4.79 Å². The first kappa shape index (κ1) is 16.7. The van der Waals surface area contributed by atoms with E-state index in [9.17, 15) is 4.79 Å². The minimum Gasteiger partial charge on any atom is -0.493 e. The van der Waals surface area contributed by atoms with Gasteiger partial charge in [-0.2, -0.15) is 0 Å². The van der Waals surface area contributed by atoms with Crippen molar-refractivity contribution < 1.29 is 19.0 Å². The van der Waals surface area contributed by atoms with Gasteiger partial charge < -0.3 is 19.5 Å². The second kappa shape index (κ2) is 7.54. The van der Waals surface area contributed by atoms with Crippen LogP contribution in [0.15, 0.2) is 36.4 Å². The fourth-order valence-corrected chi connectivity index (χ4v) is 2.35. The van der Waals surface area contributed by atoms with Gasteiger partial charge in [-0.1, -0.05) is 12.1 Å². The van der Waals surface area contributed by atoms with Gasteiger partial charge in [0, 0.05) is 5.69 Å². The number of methoxy groups -OCH3 is 3. The largest absolute Gasteiger partial charge is 0.493 e. The first-order chi connectivity index (χ1) is 11.1. The van der Waals surface area contributed by atoms with E-state index in [2.05, 4.69) is 5.32 Å². The lowest BCUT2D eigenvalue weighted by molar-refractivity contribution is -0.115. The number of benzene rings is 2. The van der Waals surface area contributed by atoms with Crippen molar-refractivity contribution in [1.82, 2.24) is 0 Å². The quantitative estimate of drug-likeness (QED) is 0.889. The van der Waals surface area contributed by atoms with Crippen LogP contribution in [0.25, 0.3) is 0 Å². The summed E-state index contributed by atoms with van der Waals surface area (Å²) >= 11 is 0. The Morgan fingerprint density at radius 2 is 1.65 bits per heavy atom. The Labute approximate surface area is 136 Å². The van der Waals surface area contributed by atoms with Crippen LogP contribution in [0.3, 0.4) is 0 Å². The standard InChI is InChI=1S/C18H21NO4/c1-12-6-5-7-14(8-12)19-17(20)11-13-9-15(21-2)18(23-4)16(10-13)22-3/h5-10H,11H2,1-4H3,(H,19,20). The van der Waals surface area contributed by atoms with Crippen molar-refractivity contribution in [2.24, 2.45) is 0 Å². The van der Waals surface area contributed by atoms with E-state index >= 15 is 0 Å². The molecule has 2 aromatic rings. The van der Waals surface area contributed by atoms with Crippen LogP contribution < -0.4 is 19.5 Å². The van der Waals surface area contributed by atoms with E-state index in [-0.39, 0.29) is 12.3 Å². The van der Waals surface area contributed by atoms with Gasteiger partial charge in [-0.15, -0.1) is 0 Å². The van der Waals surface area contributed by atoms with Crippen molar-refractivity contribution in [2.75, 3.05) is 26.6 Å². The lowest BCUT2D eigenvalue weighted by Crippen LogP contribution is -2.14. The molecule has 0 bridgehead atoms. The number of anilines is 1. The second-order valence-electron chi connectivity index (χ2n) is 5.13. The molecule has 0 saturated carbocycles. The molecule has 1 amide bonds. The van der Waals surface area contributed by atoms with Gasteiger partial charge in [0.05, 0.1) is 27.8 Å². The highest BCUT2D eigenvalue weighted by molar-refractivity contribution is 5.92. The summed E-state index contributed by atoms with van der Waals surface area (Å²) in [5.74, 6) is 1.47. The molecule has 2 rings (SSSR count). The number of amides is 1. The van der Waals surface area contributed by atoms with Crippen molar-refractivity contribution in [1.29, 1.82) is 0 Å². The summed E-state index contributed by atoms with van der Waals surface area (Å²) in [7, 11) is 4.65. The van der Waals surface area contributed by atoms with Gasteiger partial charge in [0.15, 0.2) is 11.5 Å². The number of hydrogen-bond acceptors (Lipinski definition) is 4. The van der Waals surface area contributed by atoms with Gasteiger partial charge in [-0.05, 0) is 42.3 Å². The number of aryl methyl sites for hydroxylation is 1. The maximum Gasteiger partial charge on any atom is 0.228 e. The van der Waals surface area contributed by atoms with Crippen molar-refractivity contribution in [3.8, 4) is 17.2 Å². The molecule has 0 heterocycles. The molecule has 2 aromatic carbocycles. The first-order valence-electron chi connectivity index (χ1n) is 7.22. The van der Waals surface area contributed by atoms with Crippen LogP contribution in [0.2, 0.25) is 0 Å². The molecule has 5 heteroatoms. The SMILES string of the molecule is COc1cc(CC(=O)Nc2cccc(C)c2)cc(OC)c1OC. The van der Waals surface area contributed by atoms with Crippen molar-refractivity contribution in [3.05, 3.63) is 47.5 Å². The van der Waals surface area contributed by atoms with E-state index in [0.717, 1.165) is 16.8 Å². The molecule has 0 fully saturated rings. The van der Waals surface area contributed by atoms with Gasteiger partial charge in [-0.25, -0.2) is 0 Å². The summed E-state index contributed by atoms with van der Waals surface area (Å²) in [6.45, 7) is 1.98. The summed E-state index contributed by atoms with van der Waals surface area (Å²) < 4.78 is 15.9. The molecule has 122 valence electrons. The summed E-state index contributed by atoms with van der Waals surface area (Å²) in [5, 5.41) is 2.88. The van der Waals surface area contributed by atoms with Crippen LogP contribution in [0.5, 0.6) is 17.2 Å². The number of hydrogen-bond donors (Lipinski definition) is 1. The Hall–Kier alpha value is -2.69. The fourth-order valence-electron chi connectivity index (χ4n) is 2.35. The molecule has 0 spiro atoms. The third-order valence-electron chi connectivity index (χ3n) is 3.39. The van der Waals surface area contributed by atoms with Crippen molar-refractivity contribution in [3.63, 3.8) is 0 Å². The minimum atomic E-state index is -0.107. The molecule has 23 heavy (non-hydrogen) atoms. The maximum atomic E-state index is 12.2. The summed E-state index contributed by atoms with van der Waals surface area (Å²) in [6.07, 6.45) is 0.213. The zero-order chi connectivity index (χ0) is 16.8. The highest BCUT2D eigenvalue weighted by Crippen LogP contribution is 2.38. The Morgan fingerprint density at radius 3 is 2.17 bits per heavy atom. The zero-order valence-corrected chi connectivity index (χ0v) is 13.8. The van der Waals surface area contributed by atoms with Crippen LogP contribution in [0.1, 0.15) is 11.1 Å². The Morgan fingerprint density at radius 1 is 1.00 bits per heavy atom. The lowest BCUT2D eigenvalue weighted by atomic mass is 10.1. The van der Waals surface area contributed by atoms with Gasteiger partial charge in [0.25, 0.3) is 0 Å². The predicted octanol–water partition coefficient (Wildman–Crippen LogP) is 3.20. The normalized spacial score (nSPS) is 10.1. The number of nitrogens with one attached hydrogen (secondary N) is 1. The van der Waals surface area contributed by atoms with Crippen LogP contribution in [-0.4, -0.2) is 27.2 Å². The molecule has 0 saturated heterocycles. The van der Waals surface area contributed by atoms with Gasteiger partial charge >= 0.3 is 0 Å². The molecule has 0 atom stereocenters. The monoisotopic (exact) mass is 315 g/mol. The number of ether oxygens (including phenoxy) is 3. The molecule has 0 unspecified atom stereocenters. The molecular weight excluding hydrogens is 294 g/mol. The predicted molar refractivity (Wildman–Crippen MR) is 89.6 cm³/mol. The van der Waals surface area contributed by atoms with Crippen molar-refractivity contribution >= 4 is 11.6 Å². The smallest absolute Gasteiger partial charge is 0.228 e. The molecular formula is C18H21NO4. The highest BCUT2D eigenvalue weighted by Gasteiger charge is 2.15. The minimum absolute atomic E-state index is 0.107. The lowest BCUT2D eigenvalue weighted by Gasteiger charge is -2.14. The van der Waals surface area contributed by atoms with Gasteiger partial charge in [0.2, 0.25) is 11.7 Å². The average Bonchev–Trinajstić information content (AvgIpc) is 2.53. The van der Waals surface area contributed by atoms with Crippen LogP contribution >= 0.6 is 0 Å². The van der Waals surface area contributed by atoms with Crippen LogP contribution in [0.4, 0.5) is 5.69 Å². The van der Waals surface area contributed by atoms with E-state index in [1.165, 1.54) is 0 Å². The third kappa shape index (κ3) is 4.16. The summed E-state index contributed by atoms with van der Waals surface area (Å²) in [5.41, 5.74) is 2.66. The Bertz CT molecular complexity index is 672. The molecule has 0 aromatic heterocycles.